The van der Waals surface area contributed by atoms with E-state index in [4.69, 9.17) is 19.9 Å². The summed E-state index contributed by atoms with van der Waals surface area (Å²) >= 11 is 1.07. The van der Waals surface area contributed by atoms with Crippen LogP contribution < -0.4 is 15.8 Å². The zero-order chi connectivity index (χ0) is 22.8. The second-order valence-electron chi connectivity index (χ2n) is 7.43. The number of ether oxygens (including phenoxy) is 3. The van der Waals surface area contributed by atoms with Gasteiger partial charge >= 0.3 is 0 Å². The number of carbonyl (C=O) groups excluding carboxylic acids is 1. The largest absolute Gasteiger partial charge is 0.490 e. The van der Waals surface area contributed by atoms with Crippen molar-refractivity contribution in [1.82, 2.24) is 4.98 Å². The van der Waals surface area contributed by atoms with Crippen LogP contribution in [0.3, 0.4) is 0 Å². The first-order valence-corrected chi connectivity index (χ1v) is 10.8. The molecule has 0 unspecified atom stereocenters. The summed E-state index contributed by atoms with van der Waals surface area (Å²) in [5.74, 6) is -0.677. The molecule has 0 bridgehead atoms. The molecular formula is C21H22F2N4O4S. The predicted octanol–water partition coefficient (Wildman–Crippen LogP) is 2.49. The monoisotopic (exact) mass is 464 g/mol. The third kappa shape index (κ3) is 4.15. The van der Waals surface area contributed by atoms with Gasteiger partial charge < -0.3 is 25.3 Å². The van der Waals surface area contributed by atoms with Crippen LogP contribution in [0.1, 0.15) is 16.1 Å². The standard InChI is InChI=1S/C21H22F2N4O4S/c1-29-6-7-31-14-3-5-17(25-9-14)18(28)26-13-2-4-16(22)15(8-13)21-11-30-10-20(21,23)12-32-19(24)27-21/h2-5,8-9H,6-7,10-12H2,1H3,(H2,24,27)(H,26,28)/t20-,21-/m1/s1. The molecule has 11 heteroatoms. The zero-order valence-corrected chi connectivity index (χ0v) is 18.1. The Morgan fingerprint density at radius 3 is 2.91 bits per heavy atom. The van der Waals surface area contributed by atoms with Crippen LogP contribution in [0.2, 0.25) is 0 Å². The number of methoxy groups -OCH3 is 1. The van der Waals surface area contributed by atoms with E-state index < -0.39 is 22.9 Å². The van der Waals surface area contributed by atoms with E-state index in [1.807, 2.05) is 0 Å². The number of fused-ring (bicyclic) bond motifs is 1. The molecule has 4 rings (SSSR count). The van der Waals surface area contributed by atoms with Gasteiger partial charge in [-0.1, -0.05) is 11.8 Å². The molecule has 3 N–H and O–H groups in total. The van der Waals surface area contributed by atoms with Crippen LogP contribution in [0.15, 0.2) is 41.5 Å². The number of benzene rings is 1. The number of nitrogens with one attached hydrogen (secondary N) is 1. The molecule has 8 nitrogen and oxygen atoms in total. The summed E-state index contributed by atoms with van der Waals surface area (Å²) < 4.78 is 46.2. The first-order valence-electron chi connectivity index (χ1n) is 9.81. The molecule has 1 amide bonds. The van der Waals surface area contributed by atoms with Crippen molar-refractivity contribution in [1.29, 1.82) is 0 Å². The maximum atomic E-state index is 15.7. The molecule has 1 saturated heterocycles. The molecule has 1 fully saturated rings. The Morgan fingerprint density at radius 1 is 1.31 bits per heavy atom. The number of hydrogen-bond acceptors (Lipinski definition) is 8. The van der Waals surface area contributed by atoms with Crippen molar-refractivity contribution in [2.75, 3.05) is 44.6 Å². The van der Waals surface area contributed by atoms with Crippen molar-refractivity contribution in [3.05, 3.63) is 53.6 Å². The second-order valence-corrected chi connectivity index (χ2v) is 8.42. The number of aliphatic imine (C=N–C) groups is 1. The minimum atomic E-state index is -1.91. The van der Waals surface area contributed by atoms with Crippen LogP contribution in [0.5, 0.6) is 5.75 Å². The number of halogens is 2. The minimum absolute atomic E-state index is 0.00107. The van der Waals surface area contributed by atoms with Gasteiger partial charge in [-0.3, -0.25) is 4.79 Å². The molecule has 3 heterocycles. The average molecular weight is 464 g/mol. The van der Waals surface area contributed by atoms with Gasteiger partial charge in [0.05, 0.1) is 26.0 Å². The van der Waals surface area contributed by atoms with Crippen molar-refractivity contribution in [3.8, 4) is 5.75 Å². The van der Waals surface area contributed by atoms with Gasteiger partial charge in [0, 0.05) is 24.1 Å². The predicted molar refractivity (Wildman–Crippen MR) is 116 cm³/mol. The molecule has 1 aromatic heterocycles. The van der Waals surface area contributed by atoms with Crippen LogP contribution in [0, 0.1) is 5.82 Å². The summed E-state index contributed by atoms with van der Waals surface area (Å²) in [5.41, 5.74) is 2.70. The van der Waals surface area contributed by atoms with E-state index in [1.54, 1.807) is 13.2 Å². The molecule has 0 radical (unpaired) electrons. The maximum absolute atomic E-state index is 15.7. The van der Waals surface area contributed by atoms with Crippen molar-refractivity contribution < 1.29 is 27.8 Å². The molecule has 170 valence electrons. The highest BCUT2D eigenvalue weighted by Gasteiger charge is 2.61. The lowest BCUT2D eigenvalue weighted by molar-refractivity contribution is 0.102. The highest BCUT2D eigenvalue weighted by molar-refractivity contribution is 8.13. The molecule has 0 spiro atoms. The van der Waals surface area contributed by atoms with Gasteiger partial charge in [-0.05, 0) is 30.3 Å². The van der Waals surface area contributed by atoms with E-state index >= 15 is 4.39 Å². The molecular weight excluding hydrogens is 442 g/mol. The number of hydrogen-bond donors (Lipinski definition) is 2. The Balaban J connectivity index is 1.56. The summed E-state index contributed by atoms with van der Waals surface area (Å²) in [6, 6.07) is 7.02. The van der Waals surface area contributed by atoms with E-state index in [0.717, 1.165) is 17.8 Å². The van der Waals surface area contributed by atoms with Gasteiger partial charge in [-0.15, -0.1) is 0 Å². The number of nitrogens with two attached hydrogens (primary N) is 1. The first kappa shape index (κ1) is 22.4. The number of pyridine rings is 1. The molecule has 2 aliphatic rings. The molecule has 2 aromatic rings. The van der Waals surface area contributed by atoms with Crippen molar-refractivity contribution in [3.63, 3.8) is 0 Å². The maximum Gasteiger partial charge on any atom is 0.274 e. The normalized spacial score (nSPS) is 24.5. The highest BCUT2D eigenvalue weighted by Crippen LogP contribution is 2.50. The number of carbonyl (C=O) groups is 1. The minimum Gasteiger partial charge on any atom is -0.490 e. The summed E-state index contributed by atoms with van der Waals surface area (Å²) in [6.45, 7) is 0.423. The summed E-state index contributed by atoms with van der Waals surface area (Å²) in [6.07, 6.45) is 1.42. The number of thioether (sulfide) groups is 1. The van der Waals surface area contributed by atoms with Crippen molar-refractivity contribution in [2.24, 2.45) is 10.7 Å². The van der Waals surface area contributed by atoms with Crippen LogP contribution in [-0.4, -0.2) is 61.0 Å². The number of amidine groups is 1. The quantitative estimate of drug-likeness (QED) is 0.606. The Kier molecular flexibility index (Phi) is 6.31. The molecule has 1 aromatic carbocycles. The Labute approximate surface area is 187 Å². The van der Waals surface area contributed by atoms with E-state index in [9.17, 15) is 9.18 Å². The molecule has 32 heavy (non-hydrogen) atoms. The lowest BCUT2D eigenvalue weighted by Gasteiger charge is -2.38. The Morgan fingerprint density at radius 2 is 2.16 bits per heavy atom. The van der Waals surface area contributed by atoms with Gasteiger partial charge in [-0.25, -0.2) is 18.8 Å². The number of rotatable bonds is 7. The lowest BCUT2D eigenvalue weighted by Crippen LogP contribution is -2.52. The molecule has 2 atom stereocenters. The van der Waals surface area contributed by atoms with Gasteiger partial charge in [0.1, 0.15) is 23.9 Å². The highest BCUT2D eigenvalue weighted by atomic mass is 32.2. The number of anilines is 1. The fourth-order valence-electron chi connectivity index (χ4n) is 3.65. The number of alkyl halides is 1. The van der Waals surface area contributed by atoms with Crippen LogP contribution >= 0.6 is 11.8 Å². The lowest BCUT2D eigenvalue weighted by atomic mass is 9.79. The SMILES string of the molecule is COCCOc1ccc(C(=O)Nc2ccc(F)c([C@]34COC[C@@]3(F)CSC(N)=N4)c2)nc1. The Hall–Kier alpha value is -2.76. The van der Waals surface area contributed by atoms with Gasteiger partial charge in [0.15, 0.2) is 16.4 Å². The van der Waals surface area contributed by atoms with Crippen LogP contribution in [-0.2, 0) is 15.0 Å². The van der Waals surface area contributed by atoms with E-state index in [1.165, 1.54) is 24.4 Å². The van der Waals surface area contributed by atoms with Crippen molar-refractivity contribution >= 4 is 28.5 Å². The third-order valence-corrected chi connectivity index (χ3v) is 6.32. The van der Waals surface area contributed by atoms with Crippen molar-refractivity contribution in [2.45, 2.75) is 11.2 Å². The molecule has 0 aliphatic carbocycles. The topological polar surface area (TPSA) is 108 Å². The molecule has 2 aliphatic heterocycles. The summed E-state index contributed by atoms with van der Waals surface area (Å²) in [7, 11) is 1.57. The third-order valence-electron chi connectivity index (χ3n) is 5.33. The number of aromatic nitrogens is 1. The van der Waals surface area contributed by atoms with Gasteiger partial charge in [-0.2, -0.15) is 0 Å². The van der Waals surface area contributed by atoms with E-state index in [-0.39, 0.29) is 41.1 Å². The van der Waals surface area contributed by atoms with Gasteiger partial charge in [0.25, 0.3) is 5.91 Å². The smallest absolute Gasteiger partial charge is 0.274 e. The first-order chi connectivity index (χ1) is 15.4. The summed E-state index contributed by atoms with van der Waals surface area (Å²) in [4.78, 5) is 21.0. The fraction of sp³-hybridized carbons (Fsp3) is 0.381. The fourth-order valence-corrected chi connectivity index (χ4v) is 4.57. The second kappa shape index (κ2) is 9.00. The van der Waals surface area contributed by atoms with Crippen LogP contribution in [0.25, 0.3) is 0 Å². The number of nitrogens with zero attached hydrogens (tertiary/aromatic N) is 2. The van der Waals surface area contributed by atoms with Gasteiger partial charge in [0.2, 0.25) is 0 Å². The molecule has 0 saturated carbocycles. The summed E-state index contributed by atoms with van der Waals surface area (Å²) in [5, 5.41) is 2.82. The van der Waals surface area contributed by atoms with E-state index in [2.05, 4.69) is 15.3 Å². The van der Waals surface area contributed by atoms with E-state index in [0.29, 0.717) is 19.0 Å². The Bertz CT molecular complexity index is 1040. The average Bonchev–Trinajstić information content (AvgIpc) is 3.13. The number of amides is 1. The van der Waals surface area contributed by atoms with Crippen LogP contribution in [0.4, 0.5) is 14.5 Å². The zero-order valence-electron chi connectivity index (χ0n) is 17.3.